The van der Waals surface area contributed by atoms with Crippen molar-refractivity contribution < 1.29 is 23.9 Å². The monoisotopic (exact) mass is 472 g/mol. The molecule has 33 heavy (non-hydrogen) atoms. The van der Waals surface area contributed by atoms with E-state index in [-0.39, 0.29) is 29.8 Å². The number of amides is 2. The van der Waals surface area contributed by atoms with E-state index in [0.29, 0.717) is 41.6 Å². The van der Waals surface area contributed by atoms with Gasteiger partial charge in [0, 0.05) is 29.2 Å². The van der Waals surface area contributed by atoms with E-state index in [4.69, 9.17) is 21.1 Å². The molecule has 2 aromatic rings. The van der Waals surface area contributed by atoms with Crippen LogP contribution in [0.25, 0.3) is 0 Å². The quantitative estimate of drug-likeness (QED) is 0.425. The Bertz CT molecular complexity index is 956. The number of carbonyl (C=O) groups excluding carboxylic acids is 3. The summed E-state index contributed by atoms with van der Waals surface area (Å²) in [4.78, 5) is 36.2. The first kappa shape index (κ1) is 24.6. The smallest absolute Gasteiger partial charge is 0.308 e. The molecule has 0 radical (unpaired) electrons. The van der Waals surface area contributed by atoms with Gasteiger partial charge in [-0.15, -0.1) is 0 Å². The van der Waals surface area contributed by atoms with Crippen LogP contribution >= 0.6 is 11.6 Å². The van der Waals surface area contributed by atoms with E-state index < -0.39 is 0 Å². The Morgan fingerprint density at radius 2 is 1.55 bits per heavy atom. The summed E-state index contributed by atoms with van der Waals surface area (Å²) in [5, 5.41) is 6.02. The van der Waals surface area contributed by atoms with E-state index >= 15 is 0 Å². The van der Waals surface area contributed by atoms with E-state index in [9.17, 15) is 14.4 Å². The van der Waals surface area contributed by atoms with Crippen LogP contribution < -0.4 is 15.4 Å². The van der Waals surface area contributed by atoms with Crippen molar-refractivity contribution >= 4 is 29.4 Å². The van der Waals surface area contributed by atoms with Crippen LogP contribution in [0.15, 0.2) is 48.5 Å². The molecule has 0 spiro atoms. The second kappa shape index (κ2) is 12.3. The number of rotatable bonds is 9. The maximum atomic E-state index is 12.3. The van der Waals surface area contributed by atoms with E-state index in [2.05, 4.69) is 10.6 Å². The molecular formula is C25H29ClN2O5. The molecular weight excluding hydrogens is 444 g/mol. The van der Waals surface area contributed by atoms with Gasteiger partial charge in [0.2, 0.25) is 0 Å². The van der Waals surface area contributed by atoms with E-state index in [1.54, 1.807) is 48.5 Å². The normalized spacial score (nSPS) is 17.6. The number of benzene rings is 2. The van der Waals surface area contributed by atoms with Crippen molar-refractivity contribution in [3.8, 4) is 5.75 Å². The largest absolute Gasteiger partial charge is 0.490 e. The van der Waals surface area contributed by atoms with Gasteiger partial charge in [0.15, 0.2) is 0 Å². The summed E-state index contributed by atoms with van der Waals surface area (Å²) in [5.74, 6) is 0.0689. The lowest BCUT2D eigenvalue weighted by molar-refractivity contribution is -0.149. The predicted octanol–water partition coefficient (Wildman–Crippen LogP) is 4.00. The van der Waals surface area contributed by atoms with Crippen molar-refractivity contribution in [3.05, 3.63) is 64.7 Å². The molecule has 8 heteroatoms. The molecule has 0 saturated heterocycles. The molecule has 1 aliphatic rings. The average molecular weight is 473 g/mol. The van der Waals surface area contributed by atoms with Gasteiger partial charge in [-0.3, -0.25) is 14.4 Å². The highest BCUT2D eigenvalue weighted by Gasteiger charge is 2.28. The van der Waals surface area contributed by atoms with Crippen molar-refractivity contribution in [1.82, 2.24) is 10.6 Å². The maximum Gasteiger partial charge on any atom is 0.308 e. The zero-order valence-electron chi connectivity index (χ0n) is 18.6. The van der Waals surface area contributed by atoms with Crippen LogP contribution in [0.4, 0.5) is 0 Å². The molecule has 2 aromatic carbocycles. The maximum absolute atomic E-state index is 12.3. The third-order valence-corrected chi connectivity index (χ3v) is 5.73. The van der Waals surface area contributed by atoms with Crippen molar-refractivity contribution in [2.24, 2.45) is 5.92 Å². The first-order valence-electron chi connectivity index (χ1n) is 11.2. The summed E-state index contributed by atoms with van der Waals surface area (Å²) in [6.45, 7) is 2.82. The fourth-order valence-corrected chi connectivity index (χ4v) is 3.93. The molecule has 1 aliphatic carbocycles. The van der Waals surface area contributed by atoms with Crippen LogP contribution in [0.2, 0.25) is 5.02 Å². The van der Waals surface area contributed by atoms with Crippen LogP contribution in [0.5, 0.6) is 5.75 Å². The molecule has 3 rings (SSSR count). The number of hydrogen-bond donors (Lipinski definition) is 2. The standard InChI is InChI=1S/C25H29ClN2O5/c1-2-32-25(31)18-8-12-22(13-9-18)33-21-10-6-17(7-11-21)23(29)27-14-15-28-24(30)19-4-3-5-20(26)16-19/h3-7,10-11,16,18,22H,2,8-9,12-15H2,1H3,(H,27,29)(H,28,30)/t18-,22+. The Labute approximate surface area is 198 Å². The van der Waals surface area contributed by atoms with Gasteiger partial charge in [0.25, 0.3) is 11.8 Å². The molecule has 0 atom stereocenters. The molecule has 2 N–H and O–H groups in total. The molecule has 0 aliphatic heterocycles. The third-order valence-electron chi connectivity index (χ3n) is 5.50. The van der Waals surface area contributed by atoms with Gasteiger partial charge >= 0.3 is 5.97 Å². The first-order chi connectivity index (χ1) is 16.0. The van der Waals surface area contributed by atoms with Crippen LogP contribution in [0, 0.1) is 5.92 Å². The number of nitrogens with one attached hydrogen (secondary N) is 2. The Kier molecular flexibility index (Phi) is 9.13. The van der Waals surface area contributed by atoms with Gasteiger partial charge in [0.1, 0.15) is 5.75 Å². The number of hydrogen-bond acceptors (Lipinski definition) is 5. The minimum Gasteiger partial charge on any atom is -0.490 e. The van der Waals surface area contributed by atoms with Gasteiger partial charge in [0.05, 0.1) is 18.6 Å². The van der Waals surface area contributed by atoms with Crippen LogP contribution in [-0.4, -0.2) is 43.6 Å². The molecule has 0 bridgehead atoms. The fraction of sp³-hybridized carbons (Fsp3) is 0.400. The topological polar surface area (TPSA) is 93.7 Å². The van der Waals surface area contributed by atoms with Crippen molar-refractivity contribution in [3.63, 3.8) is 0 Å². The number of halogens is 1. The zero-order valence-corrected chi connectivity index (χ0v) is 19.4. The minimum atomic E-state index is -0.246. The van der Waals surface area contributed by atoms with Crippen molar-refractivity contribution in [2.75, 3.05) is 19.7 Å². The summed E-state index contributed by atoms with van der Waals surface area (Å²) < 4.78 is 11.1. The molecule has 0 unspecified atom stereocenters. The Morgan fingerprint density at radius 1 is 0.909 bits per heavy atom. The summed E-state index contributed by atoms with van der Waals surface area (Å²) in [7, 11) is 0. The molecule has 1 saturated carbocycles. The molecule has 1 fully saturated rings. The lowest BCUT2D eigenvalue weighted by Gasteiger charge is -2.27. The van der Waals surface area contributed by atoms with Gasteiger partial charge < -0.3 is 20.1 Å². The van der Waals surface area contributed by atoms with Crippen molar-refractivity contribution in [2.45, 2.75) is 38.7 Å². The highest BCUT2D eigenvalue weighted by atomic mass is 35.5. The first-order valence-corrected chi connectivity index (χ1v) is 11.6. The predicted molar refractivity (Wildman–Crippen MR) is 126 cm³/mol. The zero-order chi connectivity index (χ0) is 23.6. The van der Waals surface area contributed by atoms with Gasteiger partial charge in [-0.25, -0.2) is 0 Å². The van der Waals surface area contributed by atoms with Gasteiger partial charge in [-0.05, 0) is 75.1 Å². The molecule has 0 heterocycles. The molecule has 0 aromatic heterocycles. The minimum absolute atomic E-state index is 0.0360. The highest BCUT2D eigenvalue weighted by molar-refractivity contribution is 6.30. The van der Waals surface area contributed by atoms with E-state index in [1.807, 2.05) is 6.92 Å². The number of carbonyl (C=O) groups is 3. The second-order valence-corrected chi connectivity index (χ2v) is 8.33. The SMILES string of the molecule is CCOC(=O)[C@H]1CC[C@@H](Oc2ccc(C(=O)NCCNC(=O)c3cccc(Cl)c3)cc2)CC1. The Morgan fingerprint density at radius 3 is 2.15 bits per heavy atom. The van der Waals surface area contributed by atoms with E-state index in [0.717, 1.165) is 25.7 Å². The summed E-state index contributed by atoms with van der Waals surface area (Å²) in [5.41, 5.74) is 0.980. The second-order valence-electron chi connectivity index (χ2n) is 7.89. The molecule has 2 amide bonds. The fourth-order valence-electron chi connectivity index (χ4n) is 3.74. The van der Waals surface area contributed by atoms with Crippen LogP contribution in [0.3, 0.4) is 0 Å². The summed E-state index contributed by atoms with van der Waals surface area (Å²) >= 11 is 5.89. The average Bonchev–Trinajstić information content (AvgIpc) is 2.82. The third kappa shape index (κ3) is 7.49. The number of ether oxygens (including phenoxy) is 2. The Hall–Kier alpha value is -3.06. The summed E-state index contributed by atoms with van der Waals surface area (Å²) in [6.07, 6.45) is 3.17. The summed E-state index contributed by atoms with van der Waals surface area (Å²) in [6, 6.07) is 13.6. The highest BCUT2D eigenvalue weighted by Crippen LogP contribution is 2.28. The Balaban J connectivity index is 1.37. The number of esters is 1. The van der Waals surface area contributed by atoms with Crippen LogP contribution in [-0.2, 0) is 9.53 Å². The molecule has 176 valence electrons. The van der Waals surface area contributed by atoms with Crippen LogP contribution in [0.1, 0.15) is 53.3 Å². The molecule has 7 nitrogen and oxygen atoms in total. The van der Waals surface area contributed by atoms with Crippen molar-refractivity contribution in [1.29, 1.82) is 0 Å². The van der Waals surface area contributed by atoms with Gasteiger partial charge in [-0.2, -0.15) is 0 Å². The lowest BCUT2D eigenvalue weighted by atomic mass is 9.87. The van der Waals surface area contributed by atoms with E-state index in [1.165, 1.54) is 0 Å². The lowest BCUT2D eigenvalue weighted by Crippen LogP contribution is -2.34. The van der Waals surface area contributed by atoms with Gasteiger partial charge in [-0.1, -0.05) is 17.7 Å².